The smallest absolute Gasteiger partial charge is 0.321 e. The third-order valence-corrected chi connectivity index (χ3v) is 4.08. The molecular formula is C8H13NO6P2. The molecule has 0 saturated carbocycles. The zero-order valence-electron chi connectivity index (χ0n) is 8.94. The molecule has 1 aromatic rings. The molecule has 0 aliphatic rings. The monoisotopic (exact) mass is 281 g/mol. The van der Waals surface area contributed by atoms with Crippen LogP contribution in [0.3, 0.4) is 0 Å². The highest BCUT2D eigenvalue weighted by atomic mass is 31.2. The van der Waals surface area contributed by atoms with Crippen molar-refractivity contribution < 1.29 is 28.7 Å². The summed E-state index contributed by atoms with van der Waals surface area (Å²) in [4.78, 5) is 36.1. The number of hydrogen-bond donors (Lipinski definition) is 5. The molecule has 9 heteroatoms. The fourth-order valence-corrected chi connectivity index (χ4v) is 2.85. The van der Waals surface area contributed by atoms with Gasteiger partial charge in [-0.1, -0.05) is 6.07 Å². The van der Waals surface area contributed by atoms with Gasteiger partial charge in [0.05, 0.1) is 10.6 Å². The van der Waals surface area contributed by atoms with Crippen LogP contribution >= 0.6 is 15.2 Å². The normalized spacial score (nSPS) is 12.8. The van der Waals surface area contributed by atoms with Gasteiger partial charge in [-0.2, -0.15) is 0 Å². The molecule has 0 heterocycles. The zero-order valence-corrected chi connectivity index (χ0v) is 10.7. The maximum absolute atomic E-state index is 11.2. The maximum atomic E-state index is 11.2. The van der Waals surface area contributed by atoms with E-state index in [1.165, 1.54) is 6.07 Å². The van der Waals surface area contributed by atoms with Crippen LogP contribution < -0.4 is 15.9 Å². The van der Waals surface area contributed by atoms with Crippen molar-refractivity contribution in [2.75, 3.05) is 7.05 Å². The molecule has 0 bridgehead atoms. The molecule has 1 rings (SSSR count). The van der Waals surface area contributed by atoms with E-state index in [1.807, 2.05) is 0 Å². The average Bonchev–Trinajstić information content (AvgIpc) is 2.15. The summed E-state index contributed by atoms with van der Waals surface area (Å²) in [5, 5.41) is 1.94. The first-order valence-corrected chi connectivity index (χ1v) is 7.78. The van der Waals surface area contributed by atoms with Crippen molar-refractivity contribution in [1.82, 2.24) is 5.32 Å². The van der Waals surface area contributed by atoms with Crippen LogP contribution in [0.5, 0.6) is 0 Å². The molecule has 0 aromatic heterocycles. The number of benzene rings is 1. The Morgan fingerprint density at radius 2 is 1.71 bits per heavy atom. The first kappa shape index (κ1) is 14.5. The van der Waals surface area contributed by atoms with Gasteiger partial charge in [0.15, 0.2) is 0 Å². The fraction of sp³-hybridized carbons (Fsp3) is 0.250. The molecule has 5 N–H and O–H groups in total. The molecule has 1 aromatic carbocycles. The Labute approximate surface area is 97.8 Å². The lowest BCUT2D eigenvalue weighted by Crippen LogP contribution is -2.21. The van der Waals surface area contributed by atoms with E-state index in [4.69, 9.17) is 19.6 Å². The van der Waals surface area contributed by atoms with Crippen LogP contribution in [0.4, 0.5) is 0 Å². The Morgan fingerprint density at radius 1 is 1.12 bits per heavy atom. The second kappa shape index (κ2) is 5.00. The fourth-order valence-electron chi connectivity index (χ4n) is 1.34. The molecule has 0 radical (unpaired) electrons. The lowest BCUT2D eigenvalue weighted by Gasteiger charge is -2.13. The summed E-state index contributed by atoms with van der Waals surface area (Å²) in [6.07, 6.45) is 0. The minimum absolute atomic E-state index is 0.196. The molecule has 0 fully saturated rings. The lowest BCUT2D eigenvalue weighted by molar-refractivity contribution is 0.386. The summed E-state index contributed by atoms with van der Waals surface area (Å²) in [6, 6.07) is 3.31. The molecular weight excluding hydrogens is 268 g/mol. The molecule has 0 spiro atoms. The van der Waals surface area contributed by atoms with Crippen LogP contribution in [-0.4, -0.2) is 26.6 Å². The third-order valence-electron chi connectivity index (χ3n) is 2.09. The Balaban J connectivity index is 3.40. The van der Waals surface area contributed by atoms with E-state index in [0.717, 1.165) is 12.1 Å². The van der Waals surface area contributed by atoms with Crippen molar-refractivity contribution in [1.29, 1.82) is 0 Å². The minimum atomic E-state index is -4.57. The van der Waals surface area contributed by atoms with E-state index in [2.05, 4.69) is 5.32 Å². The van der Waals surface area contributed by atoms with Crippen molar-refractivity contribution in [3.63, 3.8) is 0 Å². The summed E-state index contributed by atoms with van der Waals surface area (Å²) >= 11 is 0. The minimum Gasteiger partial charge on any atom is -0.321 e. The van der Waals surface area contributed by atoms with Crippen molar-refractivity contribution in [2.24, 2.45) is 0 Å². The summed E-state index contributed by atoms with van der Waals surface area (Å²) < 4.78 is 22.2. The highest BCUT2D eigenvalue weighted by Crippen LogP contribution is 2.38. The van der Waals surface area contributed by atoms with Gasteiger partial charge >= 0.3 is 15.2 Å². The second-order valence-corrected chi connectivity index (χ2v) is 6.61. The van der Waals surface area contributed by atoms with Crippen molar-refractivity contribution in [3.05, 3.63) is 23.8 Å². The van der Waals surface area contributed by atoms with Gasteiger partial charge in [0.1, 0.15) is 0 Å². The zero-order chi connectivity index (χ0) is 13.3. The average molecular weight is 281 g/mol. The molecule has 0 aliphatic carbocycles. The summed E-state index contributed by atoms with van der Waals surface area (Å²) in [6.45, 7) is 0.196. The van der Waals surface area contributed by atoms with Crippen LogP contribution in [0, 0.1) is 0 Å². The van der Waals surface area contributed by atoms with E-state index in [9.17, 15) is 9.13 Å². The number of nitrogens with one attached hydrogen (secondary N) is 1. The van der Waals surface area contributed by atoms with Gasteiger partial charge in [-0.15, -0.1) is 0 Å². The van der Waals surface area contributed by atoms with Gasteiger partial charge in [0, 0.05) is 6.54 Å². The van der Waals surface area contributed by atoms with Gasteiger partial charge in [0.25, 0.3) is 0 Å². The quantitative estimate of drug-likeness (QED) is 0.448. The van der Waals surface area contributed by atoms with E-state index < -0.39 is 20.5 Å². The Kier molecular flexibility index (Phi) is 4.28. The Bertz CT molecular complexity index is 505. The van der Waals surface area contributed by atoms with Gasteiger partial charge in [0.2, 0.25) is 0 Å². The van der Waals surface area contributed by atoms with Crippen molar-refractivity contribution >= 4 is 25.8 Å². The molecule has 0 saturated heterocycles. The van der Waals surface area contributed by atoms with Gasteiger partial charge in [-0.3, -0.25) is 9.13 Å². The number of rotatable bonds is 4. The third kappa shape index (κ3) is 3.72. The van der Waals surface area contributed by atoms with Crippen LogP contribution in [-0.2, 0) is 15.7 Å². The molecule has 96 valence electrons. The first-order chi connectivity index (χ1) is 7.66. The highest BCUT2D eigenvalue weighted by molar-refractivity contribution is 7.62. The van der Waals surface area contributed by atoms with Crippen LogP contribution in [0.25, 0.3) is 0 Å². The topological polar surface area (TPSA) is 127 Å². The van der Waals surface area contributed by atoms with Crippen LogP contribution in [0.15, 0.2) is 18.2 Å². The standard InChI is InChI=1S/C8H13NO6P2/c1-9-5-6-2-3-7(16(10,11)12)4-8(6)17(13,14)15/h2-4,9H,5H2,1H3,(H2,10,11,12)(H2,13,14,15). The summed E-state index contributed by atoms with van der Waals surface area (Å²) in [7, 11) is -7.48. The van der Waals surface area contributed by atoms with E-state index in [1.54, 1.807) is 7.05 Å². The van der Waals surface area contributed by atoms with E-state index in [-0.39, 0.29) is 11.8 Å². The molecule has 0 aliphatic heterocycles. The predicted octanol–water partition coefficient (Wildman–Crippen LogP) is -0.988. The molecule has 0 amide bonds. The largest absolute Gasteiger partial charge is 0.356 e. The predicted molar refractivity (Wildman–Crippen MR) is 62.6 cm³/mol. The van der Waals surface area contributed by atoms with Gasteiger partial charge < -0.3 is 24.9 Å². The van der Waals surface area contributed by atoms with Crippen LogP contribution in [0.1, 0.15) is 5.56 Å². The van der Waals surface area contributed by atoms with E-state index >= 15 is 0 Å². The number of hydrogen-bond acceptors (Lipinski definition) is 3. The highest BCUT2D eigenvalue weighted by Gasteiger charge is 2.26. The molecule has 7 nitrogen and oxygen atoms in total. The van der Waals surface area contributed by atoms with Gasteiger partial charge in [-0.05, 0) is 24.7 Å². The molecule has 0 atom stereocenters. The van der Waals surface area contributed by atoms with Gasteiger partial charge in [-0.25, -0.2) is 0 Å². The van der Waals surface area contributed by atoms with E-state index in [0.29, 0.717) is 5.56 Å². The SMILES string of the molecule is CNCc1ccc(P(=O)(O)O)cc1P(=O)(O)O. The Morgan fingerprint density at radius 3 is 2.12 bits per heavy atom. The Hall–Kier alpha value is -0.520. The summed E-state index contributed by atoms with van der Waals surface area (Å²) in [5.74, 6) is 0. The van der Waals surface area contributed by atoms with Crippen LogP contribution in [0.2, 0.25) is 0 Å². The lowest BCUT2D eigenvalue weighted by atomic mass is 10.2. The van der Waals surface area contributed by atoms with Crippen molar-refractivity contribution in [3.8, 4) is 0 Å². The first-order valence-electron chi connectivity index (χ1n) is 4.56. The maximum Gasteiger partial charge on any atom is 0.356 e. The second-order valence-electron chi connectivity index (χ2n) is 3.43. The molecule has 17 heavy (non-hydrogen) atoms. The van der Waals surface area contributed by atoms with Crippen molar-refractivity contribution in [2.45, 2.75) is 6.54 Å². The summed E-state index contributed by atoms with van der Waals surface area (Å²) in [5.41, 5.74) is 0.304. The molecule has 0 unspecified atom stereocenters.